The van der Waals surface area contributed by atoms with Crippen LogP contribution in [-0.4, -0.2) is 61.0 Å². The molecule has 2 aliphatic rings. The van der Waals surface area contributed by atoms with Crippen molar-refractivity contribution in [2.45, 2.75) is 25.3 Å². The van der Waals surface area contributed by atoms with Crippen LogP contribution in [0.5, 0.6) is 5.75 Å². The molecule has 4 rings (SSSR count). The van der Waals surface area contributed by atoms with E-state index in [1.807, 2.05) is 11.9 Å². The van der Waals surface area contributed by atoms with Crippen LogP contribution in [0.2, 0.25) is 0 Å². The molecule has 1 aromatic carbocycles. The van der Waals surface area contributed by atoms with E-state index in [0.29, 0.717) is 42.3 Å². The molecule has 2 aromatic rings. The zero-order chi connectivity index (χ0) is 22.3. The van der Waals surface area contributed by atoms with Crippen LogP contribution >= 0.6 is 0 Å². The van der Waals surface area contributed by atoms with Crippen molar-refractivity contribution in [2.75, 3.05) is 57.6 Å². The Labute approximate surface area is 179 Å². The van der Waals surface area contributed by atoms with E-state index in [4.69, 9.17) is 17.2 Å². The van der Waals surface area contributed by atoms with Crippen molar-refractivity contribution in [3.8, 4) is 5.75 Å². The number of ether oxygens (including phenoxy) is 1. The first kappa shape index (κ1) is 21.2. The molecule has 0 bridgehead atoms. The molecule has 9 nitrogen and oxygen atoms in total. The quantitative estimate of drug-likeness (QED) is 0.522. The lowest BCUT2D eigenvalue weighted by atomic mass is 10.1. The molecule has 1 aliphatic carbocycles. The smallest absolute Gasteiger partial charge is 0.350 e. The van der Waals surface area contributed by atoms with Gasteiger partial charge in [0.1, 0.15) is 11.2 Å². The molecule has 1 atom stereocenters. The monoisotopic (exact) mass is 430 g/mol. The van der Waals surface area contributed by atoms with Crippen LogP contribution in [0, 0.1) is 18.3 Å². The molecular formula is C21H27FN6O3. The largest absolute Gasteiger partial charge is 0.492 e. The number of anilines is 1. The molecule has 1 aromatic heterocycles. The second-order valence-corrected chi connectivity index (χ2v) is 8.44. The molecule has 0 radical (unpaired) electrons. The Morgan fingerprint density at radius 1 is 1.35 bits per heavy atom. The van der Waals surface area contributed by atoms with E-state index in [9.17, 15) is 9.59 Å². The highest BCUT2D eigenvalue weighted by Gasteiger charge is 2.34. The molecule has 1 unspecified atom stereocenters. The third kappa shape index (κ3) is 3.74. The number of hydrogen-bond donors (Lipinski definition) is 1. The van der Waals surface area contributed by atoms with Gasteiger partial charge < -0.3 is 20.3 Å². The van der Waals surface area contributed by atoms with Gasteiger partial charge in [-0.25, -0.2) is 15.8 Å². The summed E-state index contributed by atoms with van der Waals surface area (Å²) in [6.07, 6.45) is 2.47. The van der Waals surface area contributed by atoms with Gasteiger partial charge in [0.25, 0.3) is 5.56 Å². The Balaban J connectivity index is 1.76. The highest BCUT2D eigenvalue weighted by molar-refractivity contribution is 5.91. The van der Waals surface area contributed by atoms with E-state index in [2.05, 4.69) is 9.74 Å². The molecular weight excluding hydrogens is 403 g/mol. The number of nitrogens with two attached hydrogens (primary N) is 1. The molecule has 166 valence electrons. The van der Waals surface area contributed by atoms with Crippen molar-refractivity contribution >= 4 is 16.6 Å². The number of nitrogens with zero attached hydrogens (tertiary/aromatic N) is 5. The van der Waals surface area contributed by atoms with Gasteiger partial charge in [-0.15, -0.1) is 0 Å². The minimum absolute atomic E-state index is 0.0433. The molecule has 2 fully saturated rings. The molecule has 1 saturated heterocycles. The number of halogens is 1. The van der Waals surface area contributed by atoms with Gasteiger partial charge in [0.2, 0.25) is 6.54 Å². The van der Waals surface area contributed by atoms with Crippen molar-refractivity contribution in [1.29, 1.82) is 0 Å². The van der Waals surface area contributed by atoms with Gasteiger partial charge in [-0.2, -0.15) is 4.68 Å². The Bertz CT molecular complexity index is 1160. The number of rotatable bonds is 7. The molecule has 0 spiro atoms. The molecule has 1 saturated carbocycles. The van der Waals surface area contributed by atoms with Crippen LogP contribution in [0.3, 0.4) is 0 Å². The van der Waals surface area contributed by atoms with Gasteiger partial charge in [-0.1, -0.05) is 0 Å². The van der Waals surface area contributed by atoms with Crippen LogP contribution in [0.25, 0.3) is 15.7 Å². The Kier molecular flexibility index (Phi) is 5.62. The van der Waals surface area contributed by atoms with Gasteiger partial charge in [-0.3, -0.25) is 14.3 Å². The highest BCUT2D eigenvalue weighted by atomic mass is 19.1. The average molecular weight is 430 g/mol. The lowest BCUT2D eigenvalue weighted by molar-refractivity contribution is 0.298. The SMILES string of the molecule is [C-]#[N+]CCN(C)CC1CCN(c2c(F)cc3c(=O)n(N)c(=O)n(C4CC4)c3c2OC)C1. The number of likely N-dealkylation sites (N-methyl/N-ethyl adjacent to an activating group) is 1. The van der Waals surface area contributed by atoms with Crippen LogP contribution in [0.15, 0.2) is 15.7 Å². The fraction of sp³-hybridized carbons (Fsp3) is 0.571. The molecule has 2 heterocycles. The minimum Gasteiger partial charge on any atom is -0.492 e. The zero-order valence-corrected chi connectivity index (χ0v) is 17.8. The lowest BCUT2D eigenvalue weighted by Gasteiger charge is -2.25. The number of hydrogen-bond acceptors (Lipinski definition) is 6. The summed E-state index contributed by atoms with van der Waals surface area (Å²) in [4.78, 5) is 32.8. The van der Waals surface area contributed by atoms with E-state index in [1.165, 1.54) is 17.7 Å². The fourth-order valence-corrected chi connectivity index (χ4v) is 4.53. The third-order valence-electron chi connectivity index (χ3n) is 6.17. The van der Waals surface area contributed by atoms with E-state index in [-0.39, 0.29) is 22.9 Å². The minimum atomic E-state index is -0.735. The number of methoxy groups -OCH3 is 1. The maximum Gasteiger partial charge on any atom is 0.350 e. The van der Waals surface area contributed by atoms with E-state index < -0.39 is 17.1 Å². The molecule has 1 aliphatic heterocycles. The maximum absolute atomic E-state index is 15.3. The molecule has 2 N–H and O–H groups in total. The summed E-state index contributed by atoms with van der Waals surface area (Å²) in [6, 6.07) is 1.10. The molecule has 10 heteroatoms. The summed E-state index contributed by atoms with van der Waals surface area (Å²) in [6.45, 7) is 10.2. The van der Waals surface area contributed by atoms with Crippen molar-refractivity contribution < 1.29 is 9.13 Å². The third-order valence-corrected chi connectivity index (χ3v) is 6.17. The first-order chi connectivity index (χ1) is 14.9. The lowest BCUT2D eigenvalue weighted by Crippen LogP contribution is -2.44. The maximum atomic E-state index is 15.3. The molecule has 31 heavy (non-hydrogen) atoms. The van der Waals surface area contributed by atoms with Gasteiger partial charge >= 0.3 is 5.69 Å². The number of aromatic nitrogens is 2. The number of fused-ring (bicyclic) bond motifs is 1. The summed E-state index contributed by atoms with van der Waals surface area (Å²) in [5.74, 6) is 5.65. The summed E-state index contributed by atoms with van der Waals surface area (Å²) < 4.78 is 22.9. The summed E-state index contributed by atoms with van der Waals surface area (Å²) >= 11 is 0. The van der Waals surface area contributed by atoms with E-state index in [0.717, 1.165) is 25.8 Å². The average Bonchev–Trinajstić information content (AvgIpc) is 3.49. The van der Waals surface area contributed by atoms with Crippen molar-refractivity contribution in [1.82, 2.24) is 14.1 Å². The summed E-state index contributed by atoms with van der Waals surface area (Å²) in [7, 11) is 3.41. The normalized spacial score (nSPS) is 18.7. The van der Waals surface area contributed by atoms with Gasteiger partial charge in [0.15, 0.2) is 11.6 Å². The van der Waals surface area contributed by atoms with Crippen LogP contribution in [0.4, 0.5) is 10.1 Å². The van der Waals surface area contributed by atoms with Crippen LogP contribution in [-0.2, 0) is 0 Å². The molecule has 0 amide bonds. The first-order valence-corrected chi connectivity index (χ1v) is 10.5. The van der Waals surface area contributed by atoms with E-state index >= 15 is 4.39 Å². The van der Waals surface area contributed by atoms with Crippen LogP contribution < -0.4 is 26.7 Å². The second-order valence-electron chi connectivity index (χ2n) is 8.44. The second kappa shape index (κ2) is 8.23. The summed E-state index contributed by atoms with van der Waals surface area (Å²) in [5.41, 5.74) is -0.752. The fourth-order valence-electron chi connectivity index (χ4n) is 4.53. The van der Waals surface area contributed by atoms with Gasteiger partial charge in [-0.05, 0) is 38.3 Å². The standard InChI is InChI=1S/C21H27FN6O3/c1-24-7-9-25(2)11-13-6-8-26(12-13)18-16(22)10-15-17(19(18)31-3)27(14-4-5-14)21(30)28(23)20(15)29/h10,13-14H,4-9,11-12,23H2,2-3H3. The summed E-state index contributed by atoms with van der Waals surface area (Å²) in [5, 5.41) is 0.0433. The van der Waals surface area contributed by atoms with Crippen molar-refractivity contribution in [3.63, 3.8) is 0 Å². The predicted octanol–water partition coefficient (Wildman–Crippen LogP) is 1.04. The topological polar surface area (TPSA) is 90.1 Å². The van der Waals surface area contributed by atoms with E-state index in [1.54, 1.807) is 0 Å². The predicted molar refractivity (Wildman–Crippen MR) is 117 cm³/mol. The van der Waals surface area contributed by atoms with Gasteiger partial charge in [0, 0.05) is 25.7 Å². The van der Waals surface area contributed by atoms with Crippen LogP contribution in [0.1, 0.15) is 25.3 Å². The Morgan fingerprint density at radius 2 is 2.10 bits per heavy atom. The number of nitrogen functional groups attached to an aromatic ring is 1. The van der Waals surface area contributed by atoms with Crippen molar-refractivity contribution in [2.24, 2.45) is 5.92 Å². The van der Waals surface area contributed by atoms with Crippen molar-refractivity contribution in [3.05, 3.63) is 44.1 Å². The zero-order valence-electron chi connectivity index (χ0n) is 17.8. The van der Waals surface area contributed by atoms with Gasteiger partial charge in [0.05, 0.1) is 19.0 Å². The first-order valence-electron chi connectivity index (χ1n) is 10.5. The highest BCUT2D eigenvalue weighted by Crippen LogP contribution is 2.43. The Morgan fingerprint density at radius 3 is 2.74 bits per heavy atom. The Hall–Kier alpha value is -3.06. The number of benzene rings is 1.